The van der Waals surface area contributed by atoms with Crippen molar-refractivity contribution in [2.45, 2.75) is 0 Å². The fourth-order valence-electron chi connectivity index (χ4n) is 0.439. The minimum Gasteiger partial charge on any atom is -0.400 e. The van der Waals surface area contributed by atoms with Crippen LogP contribution in [0.3, 0.4) is 0 Å². The Labute approximate surface area is 79.2 Å². The molecule has 0 bridgehead atoms. The summed E-state index contributed by atoms with van der Waals surface area (Å²) in [4.78, 5) is 0. The fourth-order valence-corrected chi connectivity index (χ4v) is 0.962. The normalized spacial score (nSPS) is 8.00. The smallest absolute Gasteiger partial charge is 0.0539 e. The lowest BCUT2D eigenvalue weighted by Gasteiger charge is -1.89. The van der Waals surface area contributed by atoms with Crippen molar-refractivity contribution in [1.82, 2.24) is 0 Å². The maximum absolute atomic E-state index is 7.00. The van der Waals surface area contributed by atoms with Gasteiger partial charge in [-0.1, -0.05) is 23.7 Å². The van der Waals surface area contributed by atoms with Crippen molar-refractivity contribution in [2.24, 2.45) is 0 Å². The standard InChI is InChI=1S/C6H4ClI.CH4O/c7-5-3-1-2-4-6(5)8;1-2/h1-4H;2H,1H3. The number of aliphatic hydroxyl groups excluding tert-OH is 1. The fraction of sp³-hybridized carbons (Fsp3) is 0.143. The van der Waals surface area contributed by atoms with E-state index in [0.29, 0.717) is 0 Å². The number of rotatable bonds is 0. The van der Waals surface area contributed by atoms with Crippen molar-refractivity contribution in [3.05, 3.63) is 32.9 Å². The second-order valence-corrected chi connectivity index (χ2v) is 2.98. The van der Waals surface area contributed by atoms with Crippen LogP contribution in [0.25, 0.3) is 0 Å². The first-order valence-electron chi connectivity index (χ1n) is 2.65. The lowest BCUT2D eigenvalue weighted by atomic mass is 10.4. The molecule has 0 heterocycles. The topological polar surface area (TPSA) is 20.2 Å². The molecule has 0 aromatic heterocycles. The Morgan fingerprint density at radius 2 is 1.80 bits per heavy atom. The summed E-state index contributed by atoms with van der Waals surface area (Å²) in [5, 5.41) is 7.83. The first-order valence-corrected chi connectivity index (χ1v) is 4.11. The van der Waals surface area contributed by atoms with Gasteiger partial charge in [-0.2, -0.15) is 0 Å². The summed E-state index contributed by atoms with van der Waals surface area (Å²) in [6, 6.07) is 7.74. The Kier molecular flexibility index (Phi) is 6.06. The molecule has 0 aliphatic heterocycles. The highest BCUT2D eigenvalue weighted by Gasteiger charge is 1.88. The van der Waals surface area contributed by atoms with E-state index >= 15 is 0 Å². The maximum Gasteiger partial charge on any atom is 0.0539 e. The molecular formula is C7H8ClIO. The van der Waals surface area contributed by atoms with E-state index in [9.17, 15) is 0 Å². The zero-order valence-corrected chi connectivity index (χ0v) is 8.43. The summed E-state index contributed by atoms with van der Waals surface area (Å²) in [6.07, 6.45) is 0. The quantitative estimate of drug-likeness (QED) is 0.718. The van der Waals surface area contributed by atoms with E-state index in [1.54, 1.807) is 0 Å². The zero-order chi connectivity index (χ0) is 7.98. The highest BCUT2D eigenvalue weighted by molar-refractivity contribution is 14.1. The van der Waals surface area contributed by atoms with Crippen LogP contribution in [-0.4, -0.2) is 12.2 Å². The molecule has 0 saturated heterocycles. The minimum absolute atomic E-state index is 0.827. The van der Waals surface area contributed by atoms with Gasteiger partial charge in [0.25, 0.3) is 0 Å². The van der Waals surface area contributed by atoms with Gasteiger partial charge in [0.1, 0.15) is 0 Å². The molecule has 0 fully saturated rings. The van der Waals surface area contributed by atoms with Crippen LogP contribution in [0.1, 0.15) is 0 Å². The monoisotopic (exact) mass is 270 g/mol. The predicted octanol–water partition coefficient (Wildman–Crippen LogP) is 2.55. The number of hydrogen-bond donors (Lipinski definition) is 1. The van der Waals surface area contributed by atoms with Gasteiger partial charge in [0.05, 0.1) is 5.02 Å². The van der Waals surface area contributed by atoms with Crippen LogP contribution in [0.15, 0.2) is 24.3 Å². The SMILES string of the molecule is CO.Clc1ccccc1I. The van der Waals surface area contributed by atoms with Crippen LogP contribution in [0, 0.1) is 3.57 Å². The molecule has 0 aliphatic carbocycles. The largest absolute Gasteiger partial charge is 0.400 e. The van der Waals surface area contributed by atoms with E-state index in [1.807, 2.05) is 24.3 Å². The average Bonchev–Trinajstić information content (AvgIpc) is 2.00. The van der Waals surface area contributed by atoms with Gasteiger partial charge < -0.3 is 5.11 Å². The van der Waals surface area contributed by atoms with Crippen molar-refractivity contribution in [3.63, 3.8) is 0 Å². The Morgan fingerprint density at radius 1 is 1.30 bits per heavy atom. The Hall–Kier alpha value is 0.200. The summed E-state index contributed by atoms with van der Waals surface area (Å²) >= 11 is 7.89. The van der Waals surface area contributed by atoms with Gasteiger partial charge in [-0.15, -0.1) is 0 Å². The van der Waals surface area contributed by atoms with E-state index < -0.39 is 0 Å². The molecule has 0 spiro atoms. The van der Waals surface area contributed by atoms with Crippen LogP contribution < -0.4 is 0 Å². The van der Waals surface area contributed by atoms with E-state index in [1.165, 1.54) is 0 Å². The third-order valence-electron chi connectivity index (χ3n) is 0.824. The molecule has 1 nitrogen and oxygen atoms in total. The first kappa shape index (κ1) is 10.2. The second kappa shape index (κ2) is 5.95. The number of halogens is 2. The first-order chi connectivity index (χ1) is 4.80. The van der Waals surface area contributed by atoms with Gasteiger partial charge in [-0.25, -0.2) is 0 Å². The number of aliphatic hydroxyl groups is 1. The molecule has 1 rings (SSSR count). The molecule has 1 aromatic carbocycles. The molecule has 0 atom stereocenters. The summed E-state index contributed by atoms with van der Waals surface area (Å²) in [7, 11) is 1.00. The van der Waals surface area contributed by atoms with E-state index in [0.717, 1.165) is 15.7 Å². The third-order valence-corrected chi connectivity index (χ3v) is 2.41. The molecule has 1 aromatic rings. The van der Waals surface area contributed by atoms with E-state index in [2.05, 4.69) is 22.6 Å². The van der Waals surface area contributed by atoms with Gasteiger partial charge in [-0.05, 0) is 34.7 Å². The van der Waals surface area contributed by atoms with Crippen molar-refractivity contribution in [3.8, 4) is 0 Å². The van der Waals surface area contributed by atoms with Gasteiger partial charge in [0, 0.05) is 10.7 Å². The van der Waals surface area contributed by atoms with Crippen LogP contribution in [0.4, 0.5) is 0 Å². The Morgan fingerprint density at radius 3 is 2.10 bits per heavy atom. The molecule has 1 N–H and O–H groups in total. The number of hydrogen-bond acceptors (Lipinski definition) is 1. The van der Waals surface area contributed by atoms with Crippen molar-refractivity contribution in [1.29, 1.82) is 0 Å². The molecule has 0 aliphatic rings. The molecule has 0 unspecified atom stereocenters. The van der Waals surface area contributed by atoms with Crippen LogP contribution in [0.2, 0.25) is 5.02 Å². The maximum atomic E-state index is 7.00. The van der Waals surface area contributed by atoms with E-state index in [4.69, 9.17) is 16.7 Å². The molecule has 56 valence electrons. The predicted molar refractivity (Wildman–Crippen MR) is 52.3 cm³/mol. The van der Waals surface area contributed by atoms with Crippen molar-refractivity contribution >= 4 is 34.2 Å². The molecule has 0 amide bonds. The lowest BCUT2D eigenvalue weighted by Crippen LogP contribution is -1.67. The molecule has 10 heavy (non-hydrogen) atoms. The van der Waals surface area contributed by atoms with Crippen LogP contribution in [0.5, 0.6) is 0 Å². The summed E-state index contributed by atoms with van der Waals surface area (Å²) in [5.41, 5.74) is 0. The lowest BCUT2D eigenvalue weighted by molar-refractivity contribution is 0.399. The van der Waals surface area contributed by atoms with Crippen molar-refractivity contribution in [2.75, 3.05) is 7.11 Å². The summed E-state index contributed by atoms with van der Waals surface area (Å²) < 4.78 is 1.10. The Bertz CT molecular complexity index is 170. The number of benzene rings is 1. The van der Waals surface area contributed by atoms with Crippen LogP contribution >= 0.6 is 34.2 Å². The van der Waals surface area contributed by atoms with Crippen molar-refractivity contribution < 1.29 is 5.11 Å². The zero-order valence-electron chi connectivity index (χ0n) is 5.51. The second-order valence-electron chi connectivity index (χ2n) is 1.41. The summed E-state index contributed by atoms with van der Waals surface area (Å²) in [6.45, 7) is 0. The minimum atomic E-state index is 0.827. The van der Waals surface area contributed by atoms with E-state index in [-0.39, 0.29) is 0 Å². The van der Waals surface area contributed by atoms with Gasteiger partial charge in [0.15, 0.2) is 0 Å². The van der Waals surface area contributed by atoms with Gasteiger partial charge in [-0.3, -0.25) is 0 Å². The summed E-state index contributed by atoms with van der Waals surface area (Å²) in [5.74, 6) is 0. The highest BCUT2D eigenvalue weighted by Crippen LogP contribution is 2.15. The third kappa shape index (κ3) is 3.39. The molecule has 3 heteroatoms. The molecular weight excluding hydrogens is 262 g/mol. The highest BCUT2D eigenvalue weighted by atomic mass is 127. The van der Waals surface area contributed by atoms with Crippen LogP contribution in [-0.2, 0) is 0 Å². The van der Waals surface area contributed by atoms with Gasteiger partial charge in [0.2, 0.25) is 0 Å². The Balaban J connectivity index is 0.000000371. The molecule has 0 radical (unpaired) electrons. The average molecular weight is 270 g/mol. The van der Waals surface area contributed by atoms with Gasteiger partial charge >= 0.3 is 0 Å². The molecule has 0 saturated carbocycles.